The number of aromatic nitrogens is 2. The molecule has 1 rings (SSSR count). The molecule has 1 aromatic rings. The van der Waals surface area contributed by atoms with Gasteiger partial charge in [-0.05, 0) is 32.3 Å². The summed E-state index contributed by atoms with van der Waals surface area (Å²) in [6.45, 7) is 9.98. The summed E-state index contributed by atoms with van der Waals surface area (Å²) in [6, 6.07) is 2.16. The second-order valence-corrected chi connectivity index (χ2v) is 4.71. The van der Waals surface area contributed by atoms with Crippen molar-refractivity contribution in [2.75, 3.05) is 0 Å². The molecule has 0 unspecified atom stereocenters. The summed E-state index contributed by atoms with van der Waals surface area (Å²) >= 11 is 0. The Morgan fingerprint density at radius 3 is 2.33 bits per heavy atom. The fraction of sp³-hybridized carbons (Fsp3) is 0.667. The molecular weight excluding hydrogens is 188 g/mol. The first-order chi connectivity index (χ1) is 6.91. The summed E-state index contributed by atoms with van der Waals surface area (Å²) < 4.78 is 1.82. The molecule has 84 valence electrons. The summed E-state index contributed by atoms with van der Waals surface area (Å²) in [6.07, 6.45) is 0.931. The molecule has 1 aromatic heterocycles. The quantitative estimate of drug-likeness (QED) is 0.713. The third kappa shape index (κ3) is 2.91. The van der Waals surface area contributed by atoms with Crippen LogP contribution in [0, 0.1) is 5.92 Å². The van der Waals surface area contributed by atoms with Gasteiger partial charge >= 0.3 is 0 Å². The summed E-state index contributed by atoms with van der Waals surface area (Å²) in [5, 5.41) is 4.47. The number of ketones is 1. The Morgan fingerprint density at radius 1 is 1.40 bits per heavy atom. The van der Waals surface area contributed by atoms with Crippen molar-refractivity contribution in [3.05, 3.63) is 17.5 Å². The first-order valence-corrected chi connectivity index (χ1v) is 5.51. The molecule has 3 heteroatoms. The standard InChI is InChI=1S/C12H20N2O/c1-8(2)6-11-7-12(10(5)15)14(13-11)9(3)4/h7-9H,6H2,1-5H3. The Morgan fingerprint density at radius 2 is 2.00 bits per heavy atom. The zero-order chi connectivity index (χ0) is 11.6. The van der Waals surface area contributed by atoms with Crippen LogP contribution in [0.15, 0.2) is 6.07 Å². The second kappa shape index (κ2) is 4.60. The van der Waals surface area contributed by atoms with Gasteiger partial charge in [0.15, 0.2) is 5.78 Å². The summed E-state index contributed by atoms with van der Waals surface area (Å²) in [4.78, 5) is 11.4. The largest absolute Gasteiger partial charge is 0.293 e. The third-order valence-corrected chi connectivity index (χ3v) is 2.25. The van der Waals surface area contributed by atoms with Gasteiger partial charge in [-0.25, -0.2) is 0 Å². The highest BCUT2D eigenvalue weighted by Gasteiger charge is 2.14. The van der Waals surface area contributed by atoms with Crippen LogP contribution in [0.25, 0.3) is 0 Å². The molecule has 0 spiro atoms. The van der Waals surface area contributed by atoms with Crippen LogP contribution in [-0.2, 0) is 6.42 Å². The molecule has 0 aliphatic rings. The summed E-state index contributed by atoms with van der Waals surface area (Å²) in [5.41, 5.74) is 1.74. The normalized spacial score (nSPS) is 11.4. The Bertz CT molecular complexity index is 351. The molecule has 0 aromatic carbocycles. The second-order valence-electron chi connectivity index (χ2n) is 4.71. The van der Waals surface area contributed by atoms with E-state index in [1.54, 1.807) is 6.92 Å². The van der Waals surface area contributed by atoms with Crippen LogP contribution in [0.4, 0.5) is 0 Å². The molecule has 0 aliphatic carbocycles. The number of carbonyl (C=O) groups excluding carboxylic acids is 1. The van der Waals surface area contributed by atoms with E-state index in [-0.39, 0.29) is 11.8 Å². The van der Waals surface area contributed by atoms with Crippen LogP contribution in [0.2, 0.25) is 0 Å². The van der Waals surface area contributed by atoms with Crippen molar-refractivity contribution in [3.63, 3.8) is 0 Å². The van der Waals surface area contributed by atoms with Crippen LogP contribution in [0.5, 0.6) is 0 Å². The number of hydrogen-bond donors (Lipinski definition) is 0. The summed E-state index contributed by atoms with van der Waals surface area (Å²) in [7, 11) is 0. The SMILES string of the molecule is CC(=O)c1cc(CC(C)C)nn1C(C)C. The van der Waals surface area contributed by atoms with Gasteiger partial charge in [0, 0.05) is 13.0 Å². The van der Waals surface area contributed by atoms with Crippen molar-refractivity contribution in [1.29, 1.82) is 0 Å². The Labute approximate surface area is 91.5 Å². The average molecular weight is 208 g/mol. The molecule has 0 radical (unpaired) electrons. The van der Waals surface area contributed by atoms with Gasteiger partial charge < -0.3 is 0 Å². The molecule has 0 aliphatic heterocycles. The van der Waals surface area contributed by atoms with Crippen molar-refractivity contribution < 1.29 is 4.79 Å². The lowest BCUT2D eigenvalue weighted by Crippen LogP contribution is -2.10. The fourth-order valence-electron chi connectivity index (χ4n) is 1.62. The Balaban J connectivity index is 3.04. The van der Waals surface area contributed by atoms with Gasteiger partial charge in [-0.15, -0.1) is 0 Å². The highest BCUT2D eigenvalue weighted by molar-refractivity contribution is 5.92. The first kappa shape index (κ1) is 12.0. The van der Waals surface area contributed by atoms with E-state index in [0.717, 1.165) is 17.8 Å². The van der Waals surface area contributed by atoms with Crippen molar-refractivity contribution in [2.45, 2.75) is 47.1 Å². The van der Waals surface area contributed by atoms with Crippen molar-refractivity contribution in [1.82, 2.24) is 9.78 Å². The fourth-order valence-corrected chi connectivity index (χ4v) is 1.62. The lowest BCUT2D eigenvalue weighted by atomic mass is 10.1. The predicted octanol–water partition coefficient (Wildman–Crippen LogP) is 2.87. The minimum atomic E-state index is 0.0891. The number of nitrogens with zero attached hydrogens (tertiary/aromatic N) is 2. The topological polar surface area (TPSA) is 34.9 Å². The van der Waals surface area contributed by atoms with E-state index in [9.17, 15) is 4.79 Å². The lowest BCUT2D eigenvalue weighted by Gasteiger charge is -2.08. The maximum Gasteiger partial charge on any atom is 0.177 e. The zero-order valence-corrected chi connectivity index (χ0v) is 10.2. The molecule has 0 saturated heterocycles. The van der Waals surface area contributed by atoms with Gasteiger partial charge in [-0.3, -0.25) is 9.48 Å². The zero-order valence-electron chi connectivity index (χ0n) is 10.2. The van der Waals surface area contributed by atoms with Gasteiger partial charge in [-0.2, -0.15) is 5.10 Å². The Kier molecular flexibility index (Phi) is 3.66. The van der Waals surface area contributed by atoms with E-state index in [2.05, 4.69) is 18.9 Å². The maximum atomic E-state index is 11.4. The number of Topliss-reactive ketones (excluding diaryl/α,β-unsaturated/α-hetero) is 1. The monoisotopic (exact) mass is 208 g/mol. The molecule has 0 atom stereocenters. The minimum Gasteiger partial charge on any atom is -0.293 e. The maximum absolute atomic E-state index is 11.4. The van der Waals surface area contributed by atoms with E-state index >= 15 is 0 Å². The van der Waals surface area contributed by atoms with Crippen LogP contribution >= 0.6 is 0 Å². The van der Waals surface area contributed by atoms with E-state index in [1.165, 1.54) is 0 Å². The summed E-state index contributed by atoms with van der Waals surface area (Å²) in [5.74, 6) is 0.659. The van der Waals surface area contributed by atoms with Crippen LogP contribution in [0.3, 0.4) is 0 Å². The lowest BCUT2D eigenvalue weighted by molar-refractivity contribution is 0.100. The minimum absolute atomic E-state index is 0.0891. The van der Waals surface area contributed by atoms with E-state index in [1.807, 2.05) is 24.6 Å². The van der Waals surface area contributed by atoms with Gasteiger partial charge in [0.05, 0.1) is 5.69 Å². The van der Waals surface area contributed by atoms with Crippen molar-refractivity contribution in [2.24, 2.45) is 5.92 Å². The van der Waals surface area contributed by atoms with Crippen LogP contribution < -0.4 is 0 Å². The van der Waals surface area contributed by atoms with E-state index < -0.39 is 0 Å². The molecule has 0 bridgehead atoms. The first-order valence-electron chi connectivity index (χ1n) is 5.51. The number of hydrogen-bond acceptors (Lipinski definition) is 2. The van der Waals surface area contributed by atoms with Gasteiger partial charge in [0.1, 0.15) is 5.69 Å². The van der Waals surface area contributed by atoms with Crippen molar-refractivity contribution >= 4 is 5.78 Å². The molecule has 0 amide bonds. The van der Waals surface area contributed by atoms with Gasteiger partial charge in [0.25, 0.3) is 0 Å². The van der Waals surface area contributed by atoms with Crippen LogP contribution in [0.1, 0.15) is 56.8 Å². The number of carbonyl (C=O) groups is 1. The molecule has 15 heavy (non-hydrogen) atoms. The van der Waals surface area contributed by atoms with Crippen molar-refractivity contribution in [3.8, 4) is 0 Å². The molecule has 0 saturated carbocycles. The van der Waals surface area contributed by atoms with E-state index in [0.29, 0.717) is 5.92 Å². The molecule has 0 N–H and O–H groups in total. The Hall–Kier alpha value is -1.12. The molecule has 1 heterocycles. The van der Waals surface area contributed by atoms with Crippen LogP contribution in [-0.4, -0.2) is 15.6 Å². The smallest absolute Gasteiger partial charge is 0.177 e. The van der Waals surface area contributed by atoms with Gasteiger partial charge in [-0.1, -0.05) is 13.8 Å². The average Bonchev–Trinajstić information content (AvgIpc) is 2.46. The molecule has 3 nitrogen and oxygen atoms in total. The highest BCUT2D eigenvalue weighted by Crippen LogP contribution is 2.14. The predicted molar refractivity (Wildman–Crippen MR) is 61.2 cm³/mol. The number of rotatable bonds is 4. The van der Waals surface area contributed by atoms with Gasteiger partial charge in [0.2, 0.25) is 0 Å². The third-order valence-electron chi connectivity index (χ3n) is 2.25. The molecular formula is C12H20N2O. The van der Waals surface area contributed by atoms with E-state index in [4.69, 9.17) is 0 Å². The molecule has 0 fully saturated rings. The highest BCUT2D eigenvalue weighted by atomic mass is 16.1.